The van der Waals surface area contributed by atoms with Gasteiger partial charge in [0.1, 0.15) is 5.76 Å². The molecular weight excluding hydrogens is 424 g/mol. The number of hydrogen-bond acceptors (Lipinski definition) is 3. The Morgan fingerprint density at radius 3 is 2.29 bits per heavy atom. The molecule has 4 rings (SSSR count). The normalized spacial score (nSPS) is 15.4. The summed E-state index contributed by atoms with van der Waals surface area (Å²) in [4.78, 5) is 29.8. The van der Waals surface area contributed by atoms with Gasteiger partial charge in [0.15, 0.2) is 0 Å². The number of likely N-dealkylation sites (N-methyl/N-ethyl adjacent to an activating group) is 1. The predicted octanol–water partition coefficient (Wildman–Crippen LogP) is 5.22. The van der Waals surface area contributed by atoms with Gasteiger partial charge in [0, 0.05) is 32.3 Å². The number of furan rings is 1. The SMILES string of the molecule is Cc1occc1C(=O)N(C)C(Cc1ccccc1)C1CCN(C(=O)/C=C/c2ccccc2)CC1. The quantitative estimate of drug-likeness (QED) is 0.458. The molecule has 0 saturated carbocycles. The average molecular weight is 457 g/mol. The van der Waals surface area contributed by atoms with Crippen LogP contribution >= 0.6 is 0 Å². The number of amides is 2. The molecule has 34 heavy (non-hydrogen) atoms. The Labute approximate surface area is 201 Å². The van der Waals surface area contributed by atoms with E-state index >= 15 is 0 Å². The largest absolute Gasteiger partial charge is 0.469 e. The molecular formula is C29H32N2O3. The molecule has 2 amide bonds. The summed E-state index contributed by atoms with van der Waals surface area (Å²) < 4.78 is 5.38. The molecule has 1 aliphatic rings. The van der Waals surface area contributed by atoms with Crippen LogP contribution in [0, 0.1) is 12.8 Å². The van der Waals surface area contributed by atoms with Crippen molar-refractivity contribution in [3.8, 4) is 0 Å². The molecule has 3 aromatic rings. The fraction of sp³-hybridized carbons (Fsp3) is 0.310. The van der Waals surface area contributed by atoms with E-state index in [-0.39, 0.29) is 17.9 Å². The van der Waals surface area contributed by atoms with Crippen molar-refractivity contribution >= 4 is 17.9 Å². The Bertz CT molecular complexity index is 1110. The van der Waals surface area contributed by atoms with Crippen LogP contribution in [0.5, 0.6) is 0 Å². The van der Waals surface area contributed by atoms with Crippen molar-refractivity contribution in [2.75, 3.05) is 20.1 Å². The van der Waals surface area contributed by atoms with Crippen LogP contribution < -0.4 is 0 Å². The third-order valence-electron chi connectivity index (χ3n) is 6.81. The summed E-state index contributed by atoms with van der Waals surface area (Å²) in [6.07, 6.45) is 7.61. The first kappa shape index (κ1) is 23.6. The summed E-state index contributed by atoms with van der Waals surface area (Å²) >= 11 is 0. The second-order valence-electron chi connectivity index (χ2n) is 8.97. The molecule has 0 radical (unpaired) electrons. The molecule has 2 aromatic carbocycles. The van der Waals surface area contributed by atoms with Crippen molar-refractivity contribution in [1.29, 1.82) is 0 Å². The Hall–Kier alpha value is -3.60. The number of carbonyl (C=O) groups is 2. The fourth-order valence-electron chi connectivity index (χ4n) is 4.76. The maximum absolute atomic E-state index is 13.3. The number of piperidine rings is 1. The molecule has 2 heterocycles. The van der Waals surface area contributed by atoms with Crippen molar-refractivity contribution < 1.29 is 14.0 Å². The minimum atomic E-state index is -0.0171. The van der Waals surface area contributed by atoms with E-state index in [1.807, 2.05) is 78.4 Å². The molecule has 1 fully saturated rings. The molecule has 0 N–H and O–H groups in total. The van der Waals surface area contributed by atoms with Gasteiger partial charge in [0.25, 0.3) is 5.91 Å². The Balaban J connectivity index is 1.44. The lowest BCUT2D eigenvalue weighted by molar-refractivity contribution is -0.127. The Morgan fingerprint density at radius 2 is 1.68 bits per heavy atom. The molecule has 1 aromatic heterocycles. The van der Waals surface area contributed by atoms with Gasteiger partial charge in [-0.2, -0.15) is 0 Å². The third kappa shape index (κ3) is 5.66. The maximum Gasteiger partial charge on any atom is 0.257 e. The van der Waals surface area contributed by atoms with E-state index in [4.69, 9.17) is 4.42 Å². The highest BCUT2D eigenvalue weighted by molar-refractivity contribution is 5.95. The monoisotopic (exact) mass is 456 g/mol. The number of aryl methyl sites for hydroxylation is 1. The van der Waals surface area contributed by atoms with Crippen LogP contribution in [0.2, 0.25) is 0 Å². The summed E-state index contributed by atoms with van der Waals surface area (Å²) in [6.45, 7) is 3.21. The molecule has 0 spiro atoms. The van der Waals surface area contributed by atoms with Crippen LogP contribution in [-0.2, 0) is 11.2 Å². The number of rotatable bonds is 7. The van der Waals surface area contributed by atoms with Crippen molar-refractivity contribution in [2.45, 2.75) is 32.2 Å². The summed E-state index contributed by atoms with van der Waals surface area (Å²) in [7, 11) is 1.89. The van der Waals surface area contributed by atoms with E-state index < -0.39 is 0 Å². The van der Waals surface area contributed by atoms with Crippen LogP contribution in [0.15, 0.2) is 83.5 Å². The van der Waals surface area contributed by atoms with Gasteiger partial charge in [-0.15, -0.1) is 0 Å². The van der Waals surface area contributed by atoms with Crippen molar-refractivity contribution in [3.05, 3.63) is 102 Å². The van der Waals surface area contributed by atoms with Gasteiger partial charge in [0.05, 0.1) is 11.8 Å². The summed E-state index contributed by atoms with van der Waals surface area (Å²) in [6, 6.07) is 22.0. The van der Waals surface area contributed by atoms with Gasteiger partial charge >= 0.3 is 0 Å². The van der Waals surface area contributed by atoms with E-state index in [9.17, 15) is 9.59 Å². The van der Waals surface area contributed by atoms with Crippen LogP contribution in [0.3, 0.4) is 0 Å². The lowest BCUT2D eigenvalue weighted by atomic mass is 9.84. The molecule has 0 bridgehead atoms. The van der Waals surface area contributed by atoms with E-state index in [1.54, 1.807) is 18.4 Å². The Morgan fingerprint density at radius 1 is 1.03 bits per heavy atom. The summed E-state index contributed by atoms with van der Waals surface area (Å²) in [5, 5.41) is 0. The zero-order valence-electron chi connectivity index (χ0n) is 19.9. The molecule has 176 valence electrons. The van der Waals surface area contributed by atoms with E-state index in [0.29, 0.717) is 30.3 Å². The first-order valence-corrected chi connectivity index (χ1v) is 11.9. The number of benzene rings is 2. The molecule has 1 unspecified atom stereocenters. The highest BCUT2D eigenvalue weighted by atomic mass is 16.3. The van der Waals surface area contributed by atoms with Crippen molar-refractivity contribution in [3.63, 3.8) is 0 Å². The van der Waals surface area contributed by atoms with Crippen LogP contribution in [0.25, 0.3) is 6.08 Å². The summed E-state index contributed by atoms with van der Waals surface area (Å²) in [5.74, 6) is 0.973. The molecule has 5 nitrogen and oxygen atoms in total. The number of likely N-dealkylation sites (tertiary alicyclic amines) is 1. The smallest absolute Gasteiger partial charge is 0.257 e. The highest BCUT2D eigenvalue weighted by Crippen LogP contribution is 2.28. The van der Waals surface area contributed by atoms with Gasteiger partial charge in [-0.1, -0.05) is 60.7 Å². The van der Waals surface area contributed by atoms with E-state index in [1.165, 1.54) is 5.56 Å². The number of hydrogen-bond donors (Lipinski definition) is 0. The third-order valence-corrected chi connectivity index (χ3v) is 6.81. The minimum Gasteiger partial charge on any atom is -0.469 e. The van der Waals surface area contributed by atoms with Crippen molar-refractivity contribution in [2.24, 2.45) is 5.92 Å². The Kier molecular flexibility index (Phi) is 7.63. The lowest BCUT2D eigenvalue weighted by Gasteiger charge is -2.40. The maximum atomic E-state index is 13.3. The molecule has 1 saturated heterocycles. The van der Waals surface area contributed by atoms with E-state index in [2.05, 4.69) is 12.1 Å². The topological polar surface area (TPSA) is 53.8 Å². The minimum absolute atomic E-state index is 0.0171. The van der Waals surface area contributed by atoms with Gasteiger partial charge in [-0.05, 0) is 55.4 Å². The first-order valence-electron chi connectivity index (χ1n) is 11.9. The predicted molar refractivity (Wildman–Crippen MR) is 134 cm³/mol. The number of nitrogens with zero attached hydrogens (tertiary/aromatic N) is 2. The highest BCUT2D eigenvalue weighted by Gasteiger charge is 2.33. The van der Waals surface area contributed by atoms with Gasteiger partial charge in [-0.25, -0.2) is 0 Å². The van der Waals surface area contributed by atoms with Gasteiger partial charge in [-0.3, -0.25) is 9.59 Å². The van der Waals surface area contributed by atoms with Crippen LogP contribution in [0.1, 0.15) is 40.1 Å². The first-order chi connectivity index (χ1) is 16.5. The second kappa shape index (κ2) is 11.0. The molecule has 5 heteroatoms. The zero-order chi connectivity index (χ0) is 23.9. The van der Waals surface area contributed by atoms with Gasteiger partial charge in [0.2, 0.25) is 5.91 Å². The number of carbonyl (C=O) groups excluding carboxylic acids is 2. The lowest BCUT2D eigenvalue weighted by Crippen LogP contribution is -2.48. The molecule has 1 aliphatic heterocycles. The zero-order valence-corrected chi connectivity index (χ0v) is 19.9. The second-order valence-corrected chi connectivity index (χ2v) is 8.97. The van der Waals surface area contributed by atoms with Gasteiger partial charge < -0.3 is 14.2 Å². The molecule has 1 atom stereocenters. The molecule has 0 aliphatic carbocycles. The van der Waals surface area contributed by atoms with E-state index in [0.717, 1.165) is 24.8 Å². The van der Waals surface area contributed by atoms with Crippen LogP contribution in [0.4, 0.5) is 0 Å². The van der Waals surface area contributed by atoms with Crippen LogP contribution in [-0.4, -0.2) is 47.8 Å². The standard InChI is InChI=1S/C29H32N2O3/c1-22-26(17-20-34-22)29(33)30(2)27(21-24-11-7-4-8-12-24)25-15-18-31(19-16-25)28(32)14-13-23-9-5-3-6-10-23/h3-14,17,20,25,27H,15-16,18-19,21H2,1-2H3/b14-13+. The summed E-state index contributed by atoms with van der Waals surface area (Å²) in [5.41, 5.74) is 2.84. The fourth-order valence-corrected chi connectivity index (χ4v) is 4.76. The van der Waals surface area contributed by atoms with Crippen molar-refractivity contribution in [1.82, 2.24) is 9.80 Å². The average Bonchev–Trinajstić information content (AvgIpc) is 3.32.